The summed E-state index contributed by atoms with van der Waals surface area (Å²) in [6.45, 7) is 6.30. The normalized spacial score (nSPS) is 11.4. The van der Waals surface area contributed by atoms with E-state index in [4.69, 9.17) is 4.42 Å². The van der Waals surface area contributed by atoms with Gasteiger partial charge in [-0.3, -0.25) is 4.79 Å². The monoisotopic (exact) mass is 501 g/mol. The van der Waals surface area contributed by atoms with Crippen LogP contribution in [0.25, 0.3) is 0 Å². The molecule has 0 spiro atoms. The van der Waals surface area contributed by atoms with E-state index < -0.39 is 17.8 Å². The van der Waals surface area contributed by atoms with Crippen LogP contribution in [0.5, 0.6) is 0 Å². The van der Waals surface area contributed by atoms with Gasteiger partial charge in [0.1, 0.15) is 18.1 Å². The SMILES string of the molecule is Cc1ccc(CN(Cc2ccccc2)C(=O)CN(CC(C)C)C(=O)Nc2ccc(C(F)(F)F)cc2)o1. The minimum absolute atomic E-state index is 0.0615. The molecule has 2 aromatic carbocycles. The van der Waals surface area contributed by atoms with Gasteiger partial charge >= 0.3 is 12.2 Å². The number of hydrogen-bond acceptors (Lipinski definition) is 3. The highest BCUT2D eigenvalue weighted by atomic mass is 19.4. The van der Waals surface area contributed by atoms with E-state index in [1.54, 1.807) is 4.90 Å². The largest absolute Gasteiger partial charge is 0.464 e. The van der Waals surface area contributed by atoms with Gasteiger partial charge in [0.25, 0.3) is 0 Å². The summed E-state index contributed by atoms with van der Waals surface area (Å²) in [6.07, 6.45) is -4.46. The second kappa shape index (κ2) is 11.8. The molecule has 0 unspecified atom stereocenters. The molecule has 6 nitrogen and oxygen atoms in total. The second-order valence-corrected chi connectivity index (χ2v) is 9.03. The third-order valence-electron chi connectivity index (χ3n) is 5.37. The zero-order valence-electron chi connectivity index (χ0n) is 20.5. The van der Waals surface area contributed by atoms with E-state index in [2.05, 4.69) is 5.32 Å². The summed E-state index contributed by atoms with van der Waals surface area (Å²) >= 11 is 0. The van der Waals surface area contributed by atoms with Crippen LogP contribution in [0.4, 0.5) is 23.7 Å². The number of amides is 3. The molecule has 0 radical (unpaired) electrons. The van der Waals surface area contributed by atoms with Gasteiger partial charge in [0.2, 0.25) is 5.91 Å². The summed E-state index contributed by atoms with van der Waals surface area (Å²) < 4.78 is 44.2. The molecule has 192 valence electrons. The van der Waals surface area contributed by atoms with Crippen LogP contribution in [0.3, 0.4) is 0 Å². The number of alkyl halides is 3. The third-order valence-corrected chi connectivity index (χ3v) is 5.37. The van der Waals surface area contributed by atoms with E-state index in [9.17, 15) is 22.8 Å². The number of urea groups is 1. The summed E-state index contributed by atoms with van der Waals surface area (Å²) in [5, 5.41) is 2.60. The lowest BCUT2D eigenvalue weighted by molar-refractivity contribution is -0.137. The van der Waals surface area contributed by atoms with Gasteiger partial charge in [0.05, 0.1) is 12.1 Å². The predicted octanol–water partition coefficient (Wildman–Crippen LogP) is 6.33. The van der Waals surface area contributed by atoms with Crippen molar-refractivity contribution in [3.63, 3.8) is 0 Å². The maximum atomic E-state index is 13.4. The number of nitrogens with one attached hydrogen (secondary N) is 1. The van der Waals surface area contributed by atoms with E-state index in [1.165, 1.54) is 17.0 Å². The van der Waals surface area contributed by atoms with Gasteiger partial charge < -0.3 is 19.5 Å². The topological polar surface area (TPSA) is 65.8 Å². The first-order chi connectivity index (χ1) is 17.0. The Labute approximate surface area is 208 Å². The fourth-order valence-electron chi connectivity index (χ4n) is 3.66. The molecule has 9 heteroatoms. The van der Waals surface area contributed by atoms with Crippen molar-refractivity contribution >= 4 is 17.6 Å². The minimum Gasteiger partial charge on any atom is -0.464 e. The molecule has 36 heavy (non-hydrogen) atoms. The number of halogens is 3. The molecular weight excluding hydrogens is 471 g/mol. The van der Waals surface area contributed by atoms with E-state index in [1.807, 2.05) is 63.2 Å². The van der Waals surface area contributed by atoms with Gasteiger partial charge in [0, 0.05) is 18.8 Å². The lowest BCUT2D eigenvalue weighted by atomic mass is 10.2. The van der Waals surface area contributed by atoms with E-state index in [0.29, 0.717) is 12.3 Å². The minimum atomic E-state index is -4.46. The Hall–Kier alpha value is -3.75. The van der Waals surface area contributed by atoms with E-state index in [-0.39, 0.29) is 37.1 Å². The lowest BCUT2D eigenvalue weighted by Crippen LogP contribution is -2.45. The van der Waals surface area contributed by atoms with E-state index >= 15 is 0 Å². The average Bonchev–Trinajstić information content (AvgIpc) is 3.23. The van der Waals surface area contributed by atoms with Crippen LogP contribution in [0.1, 0.15) is 36.5 Å². The standard InChI is InChI=1S/C27H30F3N3O3/c1-19(2)15-33(26(35)31-23-12-10-22(11-13-23)27(28,29)30)18-25(34)32(16-21-7-5-4-6-8-21)17-24-14-9-20(3)36-24/h4-14,19H,15-18H2,1-3H3,(H,31,35). The Bertz CT molecular complexity index is 1140. The molecule has 1 N–H and O–H groups in total. The molecule has 3 amide bonds. The van der Waals surface area contributed by atoms with Gasteiger partial charge in [-0.2, -0.15) is 13.2 Å². The van der Waals surface area contributed by atoms with Crippen molar-refractivity contribution in [3.8, 4) is 0 Å². The van der Waals surface area contributed by atoms with Crippen molar-refractivity contribution in [2.24, 2.45) is 5.92 Å². The molecule has 1 heterocycles. The number of anilines is 1. The predicted molar refractivity (Wildman–Crippen MR) is 131 cm³/mol. The summed E-state index contributed by atoms with van der Waals surface area (Å²) in [5.41, 5.74) is 0.333. The number of carbonyl (C=O) groups is 2. The zero-order chi connectivity index (χ0) is 26.3. The Morgan fingerprint density at radius 1 is 0.917 bits per heavy atom. The molecule has 0 fully saturated rings. The van der Waals surface area contributed by atoms with Crippen LogP contribution in [0.2, 0.25) is 0 Å². The average molecular weight is 502 g/mol. The quantitative estimate of drug-likeness (QED) is 0.373. The molecule has 0 aliphatic carbocycles. The van der Waals surface area contributed by atoms with Crippen molar-refractivity contribution in [2.75, 3.05) is 18.4 Å². The molecular formula is C27H30F3N3O3. The highest BCUT2D eigenvalue weighted by Crippen LogP contribution is 2.29. The summed E-state index contributed by atoms with van der Waals surface area (Å²) in [7, 11) is 0. The van der Waals surface area contributed by atoms with Gasteiger partial charge in [-0.15, -0.1) is 0 Å². The van der Waals surface area contributed by atoms with Crippen LogP contribution < -0.4 is 5.32 Å². The van der Waals surface area contributed by atoms with Crippen molar-refractivity contribution in [1.82, 2.24) is 9.80 Å². The molecule has 0 bridgehead atoms. The Morgan fingerprint density at radius 3 is 2.14 bits per heavy atom. The molecule has 3 rings (SSSR count). The molecule has 0 saturated carbocycles. The van der Waals surface area contributed by atoms with Crippen molar-refractivity contribution < 1.29 is 27.2 Å². The summed E-state index contributed by atoms with van der Waals surface area (Å²) in [4.78, 5) is 29.4. The van der Waals surface area contributed by atoms with Crippen molar-refractivity contribution in [1.29, 1.82) is 0 Å². The Kier molecular flexibility index (Phi) is 8.79. The number of furan rings is 1. The first kappa shape index (κ1) is 26.8. The Balaban J connectivity index is 1.75. The lowest BCUT2D eigenvalue weighted by Gasteiger charge is -2.28. The van der Waals surface area contributed by atoms with Gasteiger partial charge in [0.15, 0.2) is 0 Å². The smallest absolute Gasteiger partial charge is 0.416 e. The molecule has 0 aliphatic rings. The maximum Gasteiger partial charge on any atom is 0.416 e. The summed E-state index contributed by atoms with van der Waals surface area (Å²) in [5.74, 6) is 1.14. The maximum absolute atomic E-state index is 13.4. The molecule has 0 atom stereocenters. The first-order valence-electron chi connectivity index (χ1n) is 11.6. The molecule has 0 aliphatic heterocycles. The summed E-state index contributed by atoms with van der Waals surface area (Å²) in [6, 6.07) is 16.7. The number of benzene rings is 2. The van der Waals surface area contributed by atoms with E-state index in [0.717, 1.165) is 23.5 Å². The zero-order valence-corrected chi connectivity index (χ0v) is 20.5. The van der Waals surface area contributed by atoms with Crippen LogP contribution in [0.15, 0.2) is 71.1 Å². The van der Waals surface area contributed by atoms with Crippen LogP contribution in [-0.4, -0.2) is 34.8 Å². The van der Waals surface area contributed by atoms with Crippen LogP contribution in [0, 0.1) is 12.8 Å². The van der Waals surface area contributed by atoms with Crippen molar-refractivity contribution in [2.45, 2.75) is 40.0 Å². The number of carbonyl (C=O) groups excluding carboxylic acids is 2. The number of hydrogen-bond donors (Lipinski definition) is 1. The highest BCUT2D eigenvalue weighted by Gasteiger charge is 2.30. The van der Waals surface area contributed by atoms with Gasteiger partial charge in [-0.1, -0.05) is 44.2 Å². The molecule has 0 saturated heterocycles. The highest BCUT2D eigenvalue weighted by molar-refractivity contribution is 5.92. The van der Waals surface area contributed by atoms with Gasteiger partial charge in [-0.05, 0) is 54.8 Å². The van der Waals surface area contributed by atoms with Crippen LogP contribution in [-0.2, 0) is 24.1 Å². The fourth-order valence-corrected chi connectivity index (χ4v) is 3.66. The number of aryl methyl sites for hydroxylation is 1. The second-order valence-electron chi connectivity index (χ2n) is 9.03. The van der Waals surface area contributed by atoms with Gasteiger partial charge in [-0.25, -0.2) is 4.79 Å². The number of nitrogens with zero attached hydrogens (tertiary/aromatic N) is 2. The van der Waals surface area contributed by atoms with Crippen LogP contribution >= 0.6 is 0 Å². The molecule has 3 aromatic rings. The third kappa shape index (κ3) is 7.90. The first-order valence-corrected chi connectivity index (χ1v) is 11.6. The Morgan fingerprint density at radius 2 is 1.58 bits per heavy atom. The fraction of sp³-hybridized carbons (Fsp3) is 0.333. The van der Waals surface area contributed by atoms with Crippen molar-refractivity contribution in [3.05, 3.63) is 89.4 Å². The number of rotatable bonds is 9. The molecule has 1 aromatic heterocycles.